The molecule has 0 amide bonds. The summed E-state index contributed by atoms with van der Waals surface area (Å²) < 4.78 is 1.94. The number of aromatic hydroxyl groups is 1. The predicted octanol–water partition coefficient (Wildman–Crippen LogP) is 5.18. The van der Waals surface area contributed by atoms with Crippen molar-refractivity contribution >= 4 is 49.1 Å². The van der Waals surface area contributed by atoms with Gasteiger partial charge in [0, 0.05) is 31.8 Å². The number of rotatable bonds is 3. The SMILES string of the molecule is Oc1cccc(Cl)c1CNc1cc(Br)ccc1Br. The topological polar surface area (TPSA) is 32.3 Å². The van der Waals surface area contributed by atoms with Gasteiger partial charge in [-0.2, -0.15) is 0 Å². The minimum atomic E-state index is 0.195. The van der Waals surface area contributed by atoms with Gasteiger partial charge >= 0.3 is 0 Å². The van der Waals surface area contributed by atoms with Crippen LogP contribution in [0.25, 0.3) is 0 Å². The van der Waals surface area contributed by atoms with Crippen molar-refractivity contribution in [2.45, 2.75) is 6.54 Å². The second-order valence-corrected chi connectivity index (χ2v) is 5.89. The van der Waals surface area contributed by atoms with Crippen molar-refractivity contribution in [1.82, 2.24) is 0 Å². The summed E-state index contributed by atoms with van der Waals surface area (Å²) in [6.45, 7) is 0.459. The minimum Gasteiger partial charge on any atom is -0.508 e. The second-order valence-electron chi connectivity index (χ2n) is 3.72. The Kier molecular flexibility index (Phi) is 4.54. The zero-order valence-electron chi connectivity index (χ0n) is 9.25. The molecule has 2 aromatic carbocycles. The maximum absolute atomic E-state index is 9.75. The lowest BCUT2D eigenvalue weighted by Crippen LogP contribution is -2.01. The number of halogens is 3. The largest absolute Gasteiger partial charge is 0.508 e. The van der Waals surface area contributed by atoms with Crippen LogP contribution >= 0.6 is 43.5 Å². The molecule has 2 aromatic rings. The van der Waals surface area contributed by atoms with Crippen LogP contribution in [0.4, 0.5) is 5.69 Å². The van der Waals surface area contributed by atoms with E-state index in [1.807, 2.05) is 18.2 Å². The molecule has 0 saturated heterocycles. The Bertz CT molecular complexity index is 555. The van der Waals surface area contributed by atoms with Crippen LogP contribution in [0.1, 0.15) is 5.56 Å². The van der Waals surface area contributed by atoms with Gasteiger partial charge in [0.05, 0.1) is 0 Å². The summed E-state index contributed by atoms with van der Waals surface area (Å²) in [6.07, 6.45) is 0. The van der Waals surface area contributed by atoms with Gasteiger partial charge in [-0.1, -0.05) is 33.6 Å². The zero-order valence-corrected chi connectivity index (χ0v) is 13.2. The number of phenols is 1. The summed E-state index contributed by atoms with van der Waals surface area (Å²) in [5, 5.41) is 13.5. The highest BCUT2D eigenvalue weighted by molar-refractivity contribution is 9.11. The van der Waals surface area contributed by atoms with E-state index in [0.717, 1.165) is 14.6 Å². The van der Waals surface area contributed by atoms with E-state index in [9.17, 15) is 5.11 Å². The van der Waals surface area contributed by atoms with Crippen LogP contribution in [0.3, 0.4) is 0 Å². The van der Waals surface area contributed by atoms with Gasteiger partial charge in [-0.25, -0.2) is 0 Å². The Morgan fingerprint density at radius 2 is 1.94 bits per heavy atom. The Morgan fingerprint density at radius 3 is 2.67 bits per heavy atom. The van der Waals surface area contributed by atoms with Gasteiger partial charge in [-0.15, -0.1) is 0 Å². The van der Waals surface area contributed by atoms with Gasteiger partial charge in [-0.3, -0.25) is 0 Å². The number of phenolic OH excluding ortho intramolecular Hbond substituents is 1. The Balaban J connectivity index is 2.19. The molecule has 2 rings (SSSR count). The fraction of sp³-hybridized carbons (Fsp3) is 0.0769. The van der Waals surface area contributed by atoms with Crippen LogP contribution in [0, 0.1) is 0 Å². The summed E-state index contributed by atoms with van der Waals surface area (Å²) in [7, 11) is 0. The van der Waals surface area contributed by atoms with E-state index in [-0.39, 0.29) is 5.75 Å². The first-order chi connectivity index (χ1) is 8.58. The maximum Gasteiger partial charge on any atom is 0.122 e. The van der Waals surface area contributed by atoms with Gasteiger partial charge < -0.3 is 10.4 Å². The first-order valence-electron chi connectivity index (χ1n) is 5.23. The lowest BCUT2D eigenvalue weighted by Gasteiger charge is -2.11. The molecule has 0 heterocycles. The summed E-state index contributed by atoms with van der Waals surface area (Å²) in [5.41, 5.74) is 1.62. The second kappa shape index (κ2) is 5.95. The summed E-state index contributed by atoms with van der Waals surface area (Å²) in [5.74, 6) is 0.195. The van der Waals surface area contributed by atoms with Gasteiger partial charge in [-0.05, 0) is 46.3 Å². The van der Waals surface area contributed by atoms with Crippen LogP contribution in [0.2, 0.25) is 5.02 Å². The van der Waals surface area contributed by atoms with Crippen molar-refractivity contribution in [1.29, 1.82) is 0 Å². The molecule has 0 fully saturated rings. The standard InChI is InChI=1S/C13H10Br2ClNO/c14-8-4-5-10(15)12(6-8)17-7-9-11(16)2-1-3-13(9)18/h1-6,17-18H,7H2. The van der Waals surface area contributed by atoms with Crippen LogP contribution in [0.5, 0.6) is 5.75 Å². The number of nitrogens with one attached hydrogen (secondary N) is 1. The van der Waals surface area contributed by atoms with Gasteiger partial charge in [0.15, 0.2) is 0 Å². The molecule has 0 aliphatic rings. The average Bonchev–Trinajstić information content (AvgIpc) is 2.33. The predicted molar refractivity (Wildman–Crippen MR) is 82.3 cm³/mol. The normalized spacial score (nSPS) is 10.4. The van der Waals surface area contributed by atoms with Crippen molar-refractivity contribution in [3.63, 3.8) is 0 Å². The third-order valence-corrected chi connectivity index (χ3v) is 4.02. The molecule has 5 heteroatoms. The number of hydrogen-bond acceptors (Lipinski definition) is 2. The molecule has 0 unspecified atom stereocenters. The molecule has 0 aliphatic carbocycles. The monoisotopic (exact) mass is 389 g/mol. The van der Waals surface area contributed by atoms with E-state index in [4.69, 9.17) is 11.6 Å². The molecule has 0 atom stereocenters. The molecule has 0 bridgehead atoms. The fourth-order valence-corrected chi connectivity index (χ4v) is 2.52. The molecule has 0 spiro atoms. The van der Waals surface area contributed by atoms with E-state index in [1.54, 1.807) is 18.2 Å². The Morgan fingerprint density at radius 1 is 1.17 bits per heavy atom. The Hall–Kier alpha value is -0.710. The van der Waals surface area contributed by atoms with Crippen LogP contribution in [-0.4, -0.2) is 5.11 Å². The van der Waals surface area contributed by atoms with Gasteiger partial charge in [0.2, 0.25) is 0 Å². The third-order valence-electron chi connectivity index (χ3n) is 2.48. The van der Waals surface area contributed by atoms with Gasteiger partial charge in [0.1, 0.15) is 5.75 Å². The van der Waals surface area contributed by atoms with Crippen molar-refractivity contribution in [2.24, 2.45) is 0 Å². The third kappa shape index (κ3) is 3.19. The highest BCUT2D eigenvalue weighted by atomic mass is 79.9. The quantitative estimate of drug-likeness (QED) is 0.755. The summed E-state index contributed by atoms with van der Waals surface area (Å²) in [6, 6.07) is 10.9. The molecule has 2 nitrogen and oxygen atoms in total. The summed E-state index contributed by atoms with van der Waals surface area (Å²) >= 11 is 12.9. The lowest BCUT2D eigenvalue weighted by molar-refractivity contribution is 0.469. The summed E-state index contributed by atoms with van der Waals surface area (Å²) in [4.78, 5) is 0. The van der Waals surface area contributed by atoms with Crippen LogP contribution in [-0.2, 0) is 6.54 Å². The highest BCUT2D eigenvalue weighted by Crippen LogP contribution is 2.29. The first-order valence-corrected chi connectivity index (χ1v) is 7.19. The Labute approximate surface area is 127 Å². The number of benzene rings is 2. The van der Waals surface area contributed by atoms with E-state index in [1.165, 1.54) is 0 Å². The lowest BCUT2D eigenvalue weighted by atomic mass is 10.2. The van der Waals surface area contributed by atoms with E-state index in [0.29, 0.717) is 17.1 Å². The fourth-order valence-electron chi connectivity index (χ4n) is 1.54. The smallest absolute Gasteiger partial charge is 0.122 e. The molecular weight excluding hydrogens is 381 g/mol. The average molecular weight is 391 g/mol. The van der Waals surface area contributed by atoms with Crippen molar-refractivity contribution in [3.05, 3.63) is 55.9 Å². The number of hydrogen-bond donors (Lipinski definition) is 2. The molecular formula is C13H10Br2ClNO. The molecule has 2 N–H and O–H groups in total. The molecule has 94 valence electrons. The first kappa shape index (κ1) is 13.7. The molecule has 0 aliphatic heterocycles. The van der Waals surface area contributed by atoms with Crippen molar-refractivity contribution in [2.75, 3.05) is 5.32 Å². The number of anilines is 1. The van der Waals surface area contributed by atoms with Crippen LogP contribution < -0.4 is 5.32 Å². The minimum absolute atomic E-state index is 0.195. The van der Waals surface area contributed by atoms with Crippen LogP contribution in [0.15, 0.2) is 45.3 Å². The van der Waals surface area contributed by atoms with Gasteiger partial charge in [0.25, 0.3) is 0 Å². The molecule has 18 heavy (non-hydrogen) atoms. The van der Waals surface area contributed by atoms with Crippen molar-refractivity contribution < 1.29 is 5.11 Å². The molecule has 0 aromatic heterocycles. The van der Waals surface area contributed by atoms with E-state index < -0.39 is 0 Å². The highest BCUT2D eigenvalue weighted by Gasteiger charge is 2.07. The maximum atomic E-state index is 9.75. The molecule has 0 radical (unpaired) electrons. The van der Waals surface area contributed by atoms with E-state index >= 15 is 0 Å². The zero-order chi connectivity index (χ0) is 13.1. The van der Waals surface area contributed by atoms with E-state index in [2.05, 4.69) is 37.2 Å². The van der Waals surface area contributed by atoms with Crippen molar-refractivity contribution in [3.8, 4) is 5.75 Å². The molecule has 0 saturated carbocycles.